The van der Waals surface area contributed by atoms with E-state index in [1.807, 2.05) is 12.1 Å². The van der Waals surface area contributed by atoms with Gasteiger partial charge in [-0.15, -0.1) is 0 Å². The summed E-state index contributed by atoms with van der Waals surface area (Å²) in [5.41, 5.74) is 2.64. The van der Waals surface area contributed by atoms with Crippen LogP contribution in [0.4, 0.5) is 0 Å². The highest BCUT2D eigenvalue weighted by molar-refractivity contribution is 5.86. The van der Waals surface area contributed by atoms with Crippen molar-refractivity contribution in [3.63, 3.8) is 0 Å². The largest absolute Gasteiger partial charge is 0.457 e. The molecule has 0 bridgehead atoms. The van der Waals surface area contributed by atoms with Gasteiger partial charge in [0.25, 0.3) is 0 Å². The second kappa shape index (κ2) is 4.69. The van der Waals surface area contributed by atoms with Crippen LogP contribution in [0.15, 0.2) is 47.1 Å². The highest BCUT2D eigenvalue weighted by atomic mass is 16.6. The molecule has 0 fully saturated rings. The first-order valence-corrected chi connectivity index (χ1v) is 6.14. The van der Waals surface area contributed by atoms with Crippen LogP contribution in [-0.4, -0.2) is 12.1 Å². The van der Waals surface area contributed by atoms with Crippen molar-refractivity contribution in [3.8, 4) is 0 Å². The van der Waals surface area contributed by atoms with E-state index in [2.05, 4.69) is 12.1 Å². The van der Waals surface area contributed by atoms with Crippen molar-refractivity contribution in [3.05, 3.63) is 59.5 Å². The molecule has 1 aromatic carbocycles. The highest BCUT2D eigenvalue weighted by Crippen LogP contribution is 2.23. The monoisotopic (exact) mass is 242 g/mol. The van der Waals surface area contributed by atoms with E-state index in [9.17, 15) is 4.79 Å². The van der Waals surface area contributed by atoms with Gasteiger partial charge in [0, 0.05) is 6.42 Å². The molecule has 1 aliphatic rings. The van der Waals surface area contributed by atoms with Gasteiger partial charge in [0.15, 0.2) is 0 Å². The van der Waals surface area contributed by atoms with E-state index in [4.69, 9.17) is 9.15 Å². The second-order valence-electron chi connectivity index (χ2n) is 4.52. The Morgan fingerprint density at radius 3 is 2.78 bits per heavy atom. The molecule has 1 aromatic heterocycles. The zero-order valence-corrected chi connectivity index (χ0v) is 9.96. The summed E-state index contributed by atoms with van der Waals surface area (Å²) < 4.78 is 10.5. The van der Waals surface area contributed by atoms with Crippen molar-refractivity contribution in [2.24, 2.45) is 0 Å². The number of furan rings is 1. The molecular formula is C15H14O3. The molecule has 3 nitrogen and oxygen atoms in total. The van der Waals surface area contributed by atoms with Gasteiger partial charge in [0.2, 0.25) is 5.76 Å². The van der Waals surface area contributed by atoms with Crippen LogP contribution in [-0.2, 0) is 17.6 Å². The first-order valence-electron chi connectivity index (χ1n) is 6.14. The van der Waals surface area contributed by atoms with E-state index < -0.39 is 0 Å². The molecule has 0 spiro atoms. The smallest absolute Gasteiger partial charge is 0.374 e. The average Bonchev–Trinajstić information content (AvgIpc) is 2.92. The van der Waals surface area contributed by atoms with Crippen LogP contribution in [0.2, 0.25) is 0 Å². The van der Waals surface area contributed by atoms with Crippen molar-refractivity contribution in [1.82, 2.24) is 0 Å². The van der Waals surface area contributed by atoms with Gasteiger partial charge in [-0.05, 0) is 36.1 Å². The molecule has 1 atom stereocenters. The van der Waals surface area contributed by atoms with Crippen LogP contribution < -0.4 is 0 Å². The predicted molar refractivity (Wildman–Crippen MR) is 66.4 cm³/mol. The number of carbonyl (C=O) groups is 1. The number of aryl methyl sites for hydroxylation is 1. The van der Waals surface area contributed by atoms with Crippen molar-refractivity contribution in [1.29, 1.82) is 0 Å². The molecular weight excluding hydrogens is 228 g/mol. The van der Waals surface area contributed by atoms with Crippen molar-refractivity contribution < 1.29 is 13.9 Å². The Morgan fingerprint density at radius 1 is 1.17 bits per heavy atom. The van der Waals surface area contributed by atoms with Gasteiger partial charge in [-0.2, -0.15) is 0 Å². The van der Waals surface area contributed by atoms with Crippen LogP contribution in [0.1, 0.15) is 28.1 Å². The Balaban J connectivity index is 1.68. The number of fused-ring (bicyclic) bond motifs is 1. The first kappa shape index (κ1) is 11.1. The Kier molecular flexibility index (Phi) is 2.89. The van der Waals surface area contributed by atoms with E-state index in [0.29, 0.717) is 0 Å². The third-order valence-electron chi connectivity index (χ3n) is 3.30. The Bertz CT molecular complexity index is 543. The molecule has 18 heavy (non-hydrogen) atoms. The summed E-state index contributed by atoms with van der Waals surface area (Å²) in [5.74, 6) is -0.0989. The van der Waals surface area contributed by atoms with Crippen LogP contribution in [0.5, 0.6) is 0 Å². The zero-order chi connectivity index (χ0) is 12.4. The number of esters is 1. The van der Waals surface area contributed by atoms with Gasteiger partial charge in [-0.1, -0.05) is 24.3 Å². The van der Waals surface area contributed by atoms with Crippen LogP contribution in [0.25, 0.3) is 0 Å². The molecule has 2 aromatic rings. The molecule has 0 N–H and O–H groups in total. The summed E-state index contributed by atoms with van der Waals surface area (Å²) in [6.45, 7) is 0. The molecule has 1 heterocycles. The van der Waals surface area contributed by atoms with Gasteiger partial charge in [0.1, 0.15) is 6.10 Å². The first-order chi connectivity index (χ1) is 8.83. The number of rotatable bonds is 2. The minimum absolute atomic E-state index is 0.0440. The van der Waals surface area contributed by atoms with Crippen molar-refractivity contribution >= 4 is 5.97 Å². The topological polar surface area (TPSA) is 39.4 Å². The molecule has 0 aliphatic heterocycles. The molecule has 3 heteroatoms. The quantitative estimate of drug-likeness (QED) is 0.760. The second-order valence-corrected chi connectivity index (χ2v) is 4.52. The lowest BCUT2D eigenvalue weighted by Crippen LogP contribution is -2.25. The SMILES string of the molecule is O=C(OC1CCc2ccccc2C1)c1ccco1. The van der Waals surface area contributed by atoms with E-state index in [1.54, 1.807) is 12.1 Å². The molecule has 1 unspecified atom stereocenters. The standard InChI is InChI=1S/C15H14O3/c16-15(14-6-3-9-17-14)18-13-8-7-11-4-1-2-5-12(11)10-13/h1-6,9,13H,7-8,10H2. The molecule has 92 valence electrons. The number of hydrogen-bond donors (Lipinski definition) is 0. The van der Waals surface area contributed by atoms with Crippen LogP contribution >= 0.6 is 0 Å². The third kappa shape index (κ3) is 2.16. The Hall–Kier alpha value is -2.03. The average molecular weight is 242 g/mol. The molecule has 0 amide bonds. The normalized spacial score (nSPS) is 18.1. The molecule has 0 radical (unpaired) electrons. The van der Waals surface area contributed by atoms with Gasteiger partial charge >= 0.3 is 5.97 Å². The highest BCUT2D eigenvalue weighted by Gasteiger charge is 2.23. The van der Waals surface area contributed by atoms with E-state index in [1.165, 1.54) is 17.4 Å². The molecule has 3 rings (SSSR count). The summed E-state index contributed by atoms with van der Waals surface area (Å²) in [6.07, 6.45) is 4.07. The fraction of sp³-hybridized carbons (Fsp3) is 0.267. The van der Waals surface area contributed by atoms with Gasteiger partial charge in [-0.25, -0.2) is 4.79 Å². The summed E-state index contributed by atoms with van der Waals surface area (Å²) in [5, 5.41) is 0. The van der Waals surface area contributed by atoms with Crippen molar-refractivity contribution in [2.75, 3.05) is 0 Å². The van der Waals surface area contributed by atoms with Gasteiger partial charge in [-0.3, -0.25) is 0 Å². The predicted octanol–water partition coefficient (Wildman–Crippen LogP) is 2.99. The summed E-state index contributed by atoms with van der Waals surface area (Å²) in [4.78, 5) is 11.8. The van der Waals surface area contributed by atoms with E-state index in [0.717, 1.165) is 19.3 Å². The number of carbonyl (C=O) groups excluding carboxylic acids is 1. The van der Waals surface area contributed by atoms with E-state index >= 15 is 0 Å². The zero-order valence-electron chi connectivity index (χ0n) is 9.96. The maximum Gasteiger partial charge on any atom is 0.374 e. The number of hydrogen-bond acceptors (Lipinski definition) is 3. The third-order valence-corrected chi connectivity index (χ3v) is 3.30. The van der Waals surface area contributed by atoms with Gasteiger partial charge in [0.05, 0.1) is 6.26 Å². The lowest BCUT2D eigenvalue weighted by molar-refractivity contribution is 0.0235. The fourth-order valence-electron chi connectivity index (χ4n) is 2.37. The molecule has 1 aliphatic carbocycles. The lowest BCUT2D eigenvalue weighted by Gasteiger charge is -2.24. The summed E-state index contributed by atoms with van der Waals surface area (Å²) in [7, 11) is 0. The summed E-state index contributed by atoms with van der Waals surface area (Å²) in [6, 6.07) is 11.6. The lowest BCUT2D eigenvalue weighted by atomic mass is 9.90. The number of ether oxygens (including phenoxy) is 1. The minimum atomic E-state index is -0.371. The summed E-state index contributed by atoms with van der Waals surface area (Å²) >= 11 is 0. The fourth-order valence-corrected chi connectivity index (χ4v) is 2.37. The minimum Gasteiger partial charge on any atom is -0.457 e. The Labute approximate surface area is 105 Å². The van der Waals surface area contributed by atoms with Gasteiger partial charge < -0.3 is 9.15 Å². The maximum absolute atomic E-state index is 11.8. The molecule has 0 saturated heterocycles. The molecule has 0 saturated carbocycles. The van der Waals surface area contributed by atoms with Crippen LogP contribution in [0, 0.1) is 0 Å². The van der Waals surface area contributed by atoms with Crippen molar-refractivity contribution in [2.45, 2.75) is 25.4 Å². The van der Waals surface area contributed by atoms with E-state index in [-0.39, 0.29) is 17.8 Å². The number of benzene rings is 1. The van der Waals surface area contributed by atoms with Crippen LogP contribution in [0.3, 0.4) is 0 Å². The maximum atomic E-state index is 11.8. The Morgan fingerprint density at radius 2 is 2.00 bits per heavy atom.